The van der Waals surface area contributed by atoms with Crippen LogP contribution in [-0.2, 0) is 11.2 Å². The molecule has 0 radical (unpaired) electrons. The van der Waals surface area contributed by atoms with E-state index >= 15 is 0 Å². The maximum atomic E-state index is 13.2. The Balaban J connectivity index is 1.46. The van der Waals surface area contributed by atoms with Crippen LogP contribution in [-0.4, -0.2) is 54.0 Å². The molecular weight excluding hydrogens is 402 g/mol. The normalized spacial score (nSPS) is 15.2. The average Bonchev–Trinajstić information content (AvgIpc) is 3.16. The summed E-state index contributed by atoms with van der Waals surface area (Å²) >= 11 is 6.30. The van der Waals surface area contributed by atoms with Gasteiger partial charge in [-0.1, -0.05) is 41.9 Å². The molecule has 3 aromatic rings. The number of carbonyl (C=O) groups excluding carboxylic acids is 2. The molecule has 0 spiro atoms. The monoisotopic (exact) mass is 425 g/mol. The molecule has 30 heavy (non-hydrogen) atoms. The number of halogens is 1. The Bertz CT molecular complexity index is 1060. The highest BCUT2D eigenvalue weighted by Crippen LogP contribution is 2.26. The molecule has 1 saturated heterocycles. The van der Waals surface area contributed by atoms with Gasteiger partial charge in [0, 0.05) is 49.7 Å². The molecule has 0 aliphatic carbocycles. The number of nitrogens with one attached hydrogen (secondary N) is 2. The van der Waals surface area contributed by atoms with Crippen LogP contribution in [0.3, 0.4) is 0 Å². The minimum atomic E-state index is -0.714. The van der Waals surface area contributed by atoms with Crippen LogP contribution in [0.15, 0.2) is 54.7 Å². The number of rotatable bonds is 5. The number of para-hydroxylation sites is 2. The minimum Gasteiger partial charge on any atom is -0.367 e. The third-order valence-electron chi connectivity index (χ3n) is 5.50. The van der Waals surface area contributed by atoms with E-state index in [1.54, 1.807) is 4.90 Å². The van der Waals surface area contributed by atoms with Crippen molar-refractivity contribution in [3.05, 3.63) is 65.3 Å². The molecule has 7 nitrogen and oxygen atoms in total. The molecule has 4 rings (SSSR count). The molecule has 0 saturated carbocycles. The van der Waals surface area contributed by atoms with Crippen LogP contribution in [0.2, 0.25) is 5.02 Å². The number of hydrogen-bond donors (Lipinski definition) is 3. The molecule has 0 bridgehead atoms. The number of nitrogens with zero attached hydrogens (tertiary/aromatic N) is 2. The molecule has 2 aromatic carbocycles. The first-order chi connectivity index (χ1) is 14.5. The molecule has 1 unspecified atom stereocenters. The number of carbonyl (C=O) groups is 2. The van der Waals surface area contributed by atoms with Crippen LogP contribution in [0.4, 0.5) is 10.5 Å². The van der Waals surface area contributed by atoms with Crippen molar-refractivity contribution in [1.82, 2.24) is 15.2 Å². The molecule has 3 amide bonds. The van der Waals surface area contributed by atoms with Gasteiger partial charge in [-0.15, -0.1) is 0 Å². The number of aromatic nitrogens is 1. The summed E-state index contributed by atoms with van der Waals surface area (Å²) in [6, 6.07) is 14.1. The first-order valence-corrected chi connectivity index (χ1v) is 10.3. The third-order valence-corrected chi connectivity index (χ3v) is 5.82. The molecule has 1 fully saturated rings. The molecule has 1 atom stereocenters. The summed E-state index contributed by atoms with van der Waals surface area (Å²) in [6.45, 7) is 2.45. The van der Waals surface area contributed by atoms with Crippen molar-refractivity contribution >= 4 is 40.1 Å². The lowest BCUT2D eigenvalue weighted by atomic mass is 10.0. The van der Waals surface area contributed by atoms with Crippen molar-refractivity contribution in [3.63, 3.8) is 0 Å². The highest BCUT2D eigenvalue weighted by Gasteiger charge is 2.29. The van der Waals surface area contributed by atoms with Gasteiger partial charge in [0.1, 0.15) is 6.04 Å². The third kappa shape index (κ3) is 4.21. The largest absolute Gasteiger partial charge is 0.367 e. The smallest absolute Gasteiger partial charge is 0.312 e. The summed E-state index contributed by atoms with van der Waals surface area (Å²) < 4.78 is 0. The number of primary amides is 1. The van der Waals surface area contributed by atoms with E-state index in [9.17, 15) is 9.59 Å². The predicted octanol–water partition coefficient (Wildman–Crippen LogP) is 2.75. The molecule has 2 heterocycles. The number of benzene rings is 2. The van der Waals surface area contributed by atoms with Crippen molar-refractivity contribution in [2.45, 2.75) is 12.5 Å². The summed E-state index contributed by atoms with van der Waals surface area (Å²) in [6.07, 6.45) is 2.25. The molecular formula is C22H24ClN5O2. The number of urea groups is 1. The summed E-state index contributed by atoms with van der Waals surface area (Å²) in [4.78, 5) is 31.9. The van der Waals surface area contributed by atoms with Crippen LogP contribution in [0.25, 0.3) is 10.9 Å². The summed E-state index contributed by atoms with van der Waals surface area (Å²) in [5.74, 6) is -0.127. The summed E-state index contributed by atoms with van der Waals surface area (Å²) in [7, 11) is 0. The molecule has 1 aliphatic rings. The van der Waals surface area contributed by atoms with Crippen molar-refractivity contribution in [3.8, 4) is 0 Å². The van der Waals surface area contributed by atoms with Crippen LogP contribution in [0.5, 0.6) is 0 Å². The van der Waals surface area contributed by atoms with E-state index in [-0.39, 0.29) is 5.91 Å². The Morgan fingerprint density at radius 2 is 1.77 bits per heavy atom. The summed E-state index contributed by atoms with van der Waals surface area (Å²) in [5.41, 5.74) is 8.29. The maximum Gasteiger partial charge on any atom is 0.312 e. The van der Waals surface area contributed by atoms with E-state index < -0.39 is 12.1 Å². The second-order valence-electron chi connectivity index (χ2n) is 7.39. The lowest BCUT2D eigenvalue weighted by molar-refractivity contribution is -0.133. The number of H-pyrrole nitrogens is 1. The van der Waals surface area contributed by atoms with Crippen molar-refractivity contribution in [2.24, 2.45) is 5.73 Å². The zero-order valence-electron chi connectivity index (χ0n) is 16.5. The van der Waals surface area contributed by atoms with Gasteiger partial charge >= 0.3 is 6.03 Å². The van der Waals surface area contributed by atoms with Crippen LogP contribution in [0.1, 0.15) is 5.56 Å². The van der Waals surface area contributed by atoms with Crippen molar-refractivity contribution in [2.75, 3.05) is 31.1 Å². The SMILES string of the molecule is NC(=O)NC(Cc1c[nH]c2ccccc12)C(=O)N1CCN(c2ccccc2Cl)CC1. The van der Waals surface area contributed by atoms with E-state index in [1.165, 1.54) is 0 Å². The zero-order chi connectivity index (χ0) is 21.1. The number of piperazine rings is 1. The number of nitrogens with two attached hydrogens (primary N) is 1. The standard InChI is InChI=1S/C22H24ClN5O2/c23-17-6-2-4-8-20(17)27-9-11-28(12-10-27)21(29)19(26-22(24)30)13-15-14-25-18-7-3-1-5-16(15)18/h1-8,14,19,25H,9-13H2,(H3,24,26,30). The fourth-order valence-electron chi connectivity index (χ4n) is 3.99. The fourth-order valence-corrected chi connectivity index (χ4v) is 4.24. The van der Waals surface area contributed by atoms with Gasteiger partial charge in [-0.2, -0.15) is 0 Å². The van der Waals surface area contributed by atoms with E-state index in [0.29, 0.717) is 37.6 Å². The van der Waals surface area contributed by atoms with E-state index in [4.69, 9.17) is 17.3 Å². The Morgan fingerprint density at radius 1 is 1.07 bits per heavy atom. The second-order valence-corrected chi connectivity index (χ2v) is 7.80. The van der Waals surface area contributed by atoms with Gasteiger partial charge in [0.05, 0.1) is 10.7 Å². The lowest BCUT2D eigenvalue weighted by Crippen LogP contribution is -2.56. The van der Waals surface area contributed by atoms with Crippen molar-refractivity contribution < 1.29 is 9.59 Å². The first-order valence-electron chi connectivity index (χ1n) is 9.92. The quantitative estimate of drug-likeness (QED) is 0.586. The van der Waals surface area contributed by atoms with Gasteiger partial charge in [-0.3, -0.25) is 4.79 Å². The minimum absolute atomic E-state index is 0.127. The van der Waals surface area contributed by atoms with Crippen molar-refractivity contribution in [1.29, 1.82) is 0 Å². The fraction of sp³-hybridized carbons (Fsp3) is 0.273. The number of fused-ring (bicyclic) bond motifs is 1. The Labute approximate surface area is 179 Å². The highest BCUT2D eigenvalue weighted by molar-refractivity contribution is 6.33. The number of hydrogen-bond acceptors (Lipinski definition) is 3. The molecule has 1 aliphatic heterocycles. The Hall–Kier alpha value is -3.19. The van der Waals surface area contributed by atoms with Gasteiger partial charge in [-0.25, -0.2) is 4.79 Å². The summed E-state index contributed by atoms with van der Waals surface area (Å²) in [5, 5.41) is 4.36. The van der Waals surface area contributed by atoms with Gasteiger partial charge in [0.2, 0.25) is 5.91 Å². The molecule has 156 valence electrons. The number of anilines is 1. The van der Waals surface area contributed by atoms with Crippen LogP contribution < -0.4 is 16.0 Å². The number of aromatic amines is 1. The zero-order valence-corrected chi connectivity index (χ0v) is 17.2. The topological polar surface area (TPSA) is 94.5 Å². The van der Waals surface area contributed by atoms with Gasteiger partial charge in [-0.05, 0) is 23.8 Å². The van der Waals surface area contributed by atoms with Gasteiger partial charge in [0.25, 0.3) is 0 Å². The van der Waals surface area contributed by atoms with E-state index in [1.807, 2.05) is 54.7 Å². The maximum absolute atomic E-state index is 13.2. The molecule has 8 heteroatoms. The first kappa shape index (κ1) is 20.1. The number of amides is 3. The lowest BCUT2D eigenvalue weighted by Gasteiger charge is -2.38. The van der Waals surface area contributed by atoms with E-state index in [2.05, 4.69) is 15.2 Å². The Kier molecular flexibility index (Phi) is 5.81. The predicted molar refractivity (Wildman–Crippen MR) is 119 cm³/mol. The van der Waals surface area contributed by atoms with Gasteiger partial charge in [0.15, 0.2) is 0 Å². The second kappa shape index (κ2) is 8.67. The van der Waals surface area contributed by atoms with Crippen LogP contribution >= 0.6 is 11.6 Å². The molecule has 4 N–H and O–H groups in total. The average molecular weight is 426 g/mol. The van der Waals surface area contributed by atoms with Gasteiger partial charge < -0.3 is 25.8 Å². The molecule has 1 aromatic heterocycles. The van der Waals surface area contributed by atoms with E-state index in [0.717, 1.165) is 22.2 Å². The Morgan fingerprint density at radius 3 is 2.50 bits per heavy atom. The van der Waals surface area contributed by atoms with Crippen LogP contribution in [0, 0.1) is 0 Å². The highest BCUT2D eigenvalue weighted by atomic mass is 35.5.